The predicted molar refractivity (Wildman–Crippen MR) is 82.3 cm³/mol. The van der Waals surface area contributed by atoms with Gasteiger partial charge in [-0.05, 0) is 29.8 Å². The lowest BCUT2D eigenvalue weighted by Crippen LogP contribution is -2.06. The molecule has 3 nitrogen and oxygen atoms in total. The van der Waals surface area contributed by atoms with Crippen molar-refractivity contribution in [3.8, 4) is 11.5 Å². The number of aliphatic hydroxyl groups is 1. The molecule has 0 saturated heterocycles. The molecule has 112 valence electrons. The molecule has 0 spiro atoms. The van der Waals surface area contributed by atoms with Crippen LogP contribution in [0.1, 0.15) is 17.2 Å². The van der Waals surface area contributed by atoms with Crippen LogP contribution >= 0.6 is 15.9 Å². The summed E-state index contributed by atoms with van der Waals surface area (Å²) in [4.78, 5) is 0. The third-order valence-corrected chi connectivity index (χ3v) is 3.72. The lowest BCUT2D eigenvalue weighted by Gasteiger charge is -2.16. The van der Waals surface area contributed by atoms with Crippen LogP contribution in [0.4, 0.5) is 4.39 Å². The summed E-state index contributed by atoms with van der Waals surface area (Å²) in [7, 11) is 2.95. The zero-order valence-corrected chi connectivity index (χ0v) is 13.4. The Balaban J connectivity index is 2.30. The Morgan fingerprint density at radius 2 is 1.86 bits per heavy atom. The second-order valence-corrected chi connectivity index (χ2v) is 5.46. The van der Waals surface area contributed by atoms with E-state index in [4.69, 9.17) is 9.47 Å². The van der Waals surface area contributed by atoms with E-state index in [9.17, 15) is 9.50 Å². The molecule has 0 aliphatic rings. The van der Waals surface area contributed by atoms with Crippen LogP contribution in [0.15, 0.2) is 40.9 Å². The van der Waals surface area contributed by atoms with E-state index >= 15 is 0 Å². The summed E-state index contributed by atoms with van der Waals surface area (Å²) in [6, 6.07) is 10.2. The van der Waals surface area contributed by atoms with E-state index in [0.29, 0.717) is 16.9 Å². The third kappa shape index (κ3) is 3.54. The van der Waals surface area contributed by atoms with Crippen molar-refractivity contribution in [2.24, 2.45) is 0 Å². The van der Waals surface area contributed by atoms with Gasteiger partial charge in [0.15, 0.2) is 11.6 Å². The van der Waals surface area contributed by atoms with Crippen molar-refractivity contribution in [2.45, 2.75) is 12.5 Å². The van der Waals surface area contributed by atoms with Gasteiger partial charge in [-0.15, -0.1) is 0 Å². The maximum atomic E-state index is 14.1. The molecule has 0 bridgehead atoms. The highest BCUT2D eigenvalue weighted by Crippen LogP contribution is 2.32. The minimum absolute atomic E-state index is 0.135. The first-order valence-corrected chi connectivity index (χ1v) is 7.19. The molecule has 5 heteroatoms. The molecule has 0 radical (unpaired) electrons. The van der Waals surface area contributed by atoms with Gasteiger partial charge in [-0.3, -0.25) is 0 Å². The van der Waals surface area contributed by atoms with Crippen LogP contribution in [0.2, 0.25) is 0 Å². The molecule has 21 heavy (non-hydrogen) atoms. The van der Waals surface area contributed by atoms with Gasteiger partial charge in [-0.2, -0.15) is 0 Å². The predicted octanol–water partition coefficient (Wildman–Crippen LogP) is 3.88. The minimum Gasteiger partial charge on any atom is -0.496 e. The highest BCUT2D eigenvalue weighted by molar-refractivity contribution is 9.10. The van der Waals surface area contributed by atoms with Crippen molar-refractivity contribution in [1.82, 2.24) is 0 Å². The van der Waals surface area contributed by atoms with Crippen molar-refractivity contribution >= 4 is 15.9 Å². The molecule has 0 aliphatic carbocycles. The number of hydrogen-bond acceptors (Lipinski definition) is 3. The molecule has 2 aromatic carbocycles. The number of methoxy groups -OCH3 is 2. The fourth-order valence-corrected chi connectivity index (χ4v) is 2.53. The summed E-state index contributed by atoms with van der Waals surface area (Å²) in [5.41, 5.74) is 0.998. The largest absolute Gasteiger partial charge is 0.496 e. The maximum absolute atomic E-state index is 14.1. The Kier molecular flexibility index (Phi) is 5.20. The van der Waals surface area contributed by atoms with Crippen LogP contribution in [0.3, 0.4) is 0 Å². The number of benzene rings is 2. The van der Waals surface area contributed by atoms with E-state index in [2.05, 4.69) is 15.9 Å². The molecule has 1 atom stereocenters. The highest BCUT2D eigenvalue weighted by Gasteiger charge is 2.18. The molecule has 0 saturated carbocycles. The van der Waals surface area contributed by atoms with Gasteiger partial charge in [0.2, 0.25) is 0 Å². The van der Waals surface area contributed by atoms with E-state index in [1.807, 2.05) is 6.07 Å². The zero-order chi connectivity index (χ0) is 15.4. The standard InChI is InChI=1S/C16H16BrFO3/c1-20-14-7-6-11(17)9-12(14)13(19)8-10-4-3-5-15(21-2)16(10)18/h3-7,9,13,19H,8H2,1-2H3. The minimum atomic E-state index is -0.876. The second kappa shape index (κ2) is 6.91. The Morgan fingerprint density at radius 3 is 2.52 bits per heavy atom. The third-order valence-electron chi connectivity index (χ3n) is 3.23. The Morgan fingerprint density at radius 1 is 1.14 bits per heavy atom. The zero-order valence-electron chi connectivity index (χ0n) is 11.8. The number of rotatable bonds is 5. The molecule has 0 fully saturated rings. The quantitative estimate of drug-likeness (QED) is 0.885. The molecule has 1 unspecified atom stereocenters. The van der Waals surface area contributed by atoms with E-state index in [1.54, 1.807) is 30.3 Å². The van der Waals surface area contributed by atoms with Gasteiger partial charge in [0, 0.05) is 16.5 Å². The van der Waals surface area contributed by atoms with Crippen molar-refractivity contribution in [3.05, 3.63) is 57.8 Å². The summed E-state index contributed by atoms with van der Waals surface area (Å²) in [5, 5.41) is 10.4. The van der Waals surface area contributed by atoms with Gasteiger partial charge in [0.05, 0.1) is 20.3 Å². The molecule has 2 rings (SSSR count). The molecule has 1 N–H and O–H groups in total. The fourth-order valence-electron chi connectivity index (χ4n) is 2.16. The van der Waals surface area contributed by atoms with Crippen molar-refractivity contribution in [1.29, 1.82) is 0 Å². The van der Waals surface area contributed by atoms with Crippen LogP contribution in [0, 0.1) is 5.82 Å². The topological polar surface area (TPSA) is 38.7 Å². The van der Waals surface area contributed by atoms with Crippen LogP contribution < -0.4 is 9.47 Å². The van der Waals surface area contributed by atoms with Gasteiger partial charge in [0.1, 0.15) is 5.75 Å². The first-order chi connectivity index (χ1) is 10.1. The fraction of sp³-hybridized carbons (Fsp3) is 0.250. The molecule has 0 amide bonds. The number of ether oxygens (including phenoxy) is 2. The first kappa shape index (κ1) is 15.8. The van der Waals surface area contributed by atoms with E-state index in [-0.39, 0.29) is 12.2 Å². The second-order valence-electron chi connectivity index (χ2n) is 4.54. The van der Waals surface area contributed by atoms with Crippen LogP contribution in [0.5, 0.6) is 11.5 Å². The van der Waals surface area contributed by atoms with Crippen molar-refractivity contribution in [3.63, 3.8) is 0 Å². The van der Waals surface area contributed by atoms with Crippen LogP contribution in [-0.2, 0) is 6.42 Å². The molecular weight excluding hydrogens is 339 g/mol. The van der Waals surface area contributed by atoms with E-state index in [1.165, 1.54) is 14.2 Å². The average Bonchev–Trinajstić information content (AvgIpc) is 2.49. The maximum Gasteiger partial charge on any atom is 0.168 e. The summed E-state index contributed by atoms with van der Waals surface area (Å²) in [6.07, 6.45) is -0.741. The number of aliphatic hydroxyl groups excluding tert-OH is 1. The van der Waals surface area contributed by atoms with E-state index < -0.39 is 11.9 Å². The molecule has 0 aromatic heterocycles. The number of halogens is 2. The summed E-state index contributed by atoms with van der Waals surface area (Å²) in [6.45, 7) is 0. The number of hydrogen-bond donors (Lipinski definition) is 1. The summed E-state index contributed by atoms with van der Waals surface area (Å²) in [5.74, 6) is 0.280. The van der Waals surface area contributed by atoms with Gasteiger partial charge >= 0.3 is 0 Å². The van der Waals surface area contributed by atoms with Gasteiger partial charge in [-0.25, -0.2) is 4.39 Å². The molecule has 0 aliphatic heterocycles. The van der Waals surface area contributed by atoms with Gasteiger partial charge in [0.25, 0.3) is 0 Å². The highest BCUT2D eigenvalue weighted by atomic mass is 79.9. The Labute approximate surface area is 131 Å². The van der Waals surface area contributed by atoms with Crippen molar-refractivity contribution in [2.75, 3.05) is 14.2 Å². The Bertz CT molecular complexity index is 631. The summed E-state index contributed by atoms with van der Waals surface area (Å²) >= 11 is 3.36. The average molecular weight is 355 g/mol. The van der Waals surface area contributed by atoms with E-state index in [0.717, 1.165) is 4.47 Å². The SMILES string of the molecule is COc1ccc(Br)cc1C(O)Cc1cccc(OC)c1F. The summed E-state index contributed by atoms with van der Waals surface area (Å²) < 4.78 is 25.1. The van der Waals surface area contributed by atoms with Crippen LogP contribution in [0.25, 0.3) is 0 Å². The molecular formula is C16H16BrFO3. The normalized spacial score (nSPS) is 12.0. The first-order valence-electron chi connectivity index (χ1n) is 6.39. The van der Waals surface area contributed by atoms with Gasteiger partial charge in [-0.1, -0.05) is 28.1 Å². The lowest BCUT2D eigenvalue weighted by molar-refractivity contribution is 0.172. The van der Waals surface area contributed by atoms with Crippen LogP contribution in [-0.4, -0.2) is 19.3 Å². The molecule has 2 aromatic rings. The lowest BCUT2D eigenvalue weighted by atomic mass is 10.00. The molecule has 0 heterocycles. The smallest absolute Gasteiger partial charge is 0.168 e. The van der Waals surface area contributed by atoms with Crippen molar-refractivity contribution < 1.29 is 19.0 Å². The monoisotopic (exact) mass is 354 g/mol. The van der Waals surface area contributed by atoms with Gasteiger partial charge < -0.3 is 14.6 Å². The Hall–Kier alpha value is -1.59.